The quantitative estimate of drug-likeness (QED) is 0.858. The second-order valence-electron chi connectivity index (χ2n) is 5.87. The number of amides is 1. The summed E-state index contributed by atoms with van der Waals surface area (Å²) in [6.45, 7) is 4.16. The molecule has 0 bridgehead atoms. The Morgan fingerprint density at radius 2 is 2.10 bits per heavy atom. The zero-order valence-corrected chi connectivity index (χ0v) is 13.2. The van der Waals surface area contributed by atoms with E-state index in [1.54, 1.807) is 17.5 Å². The minimum absolute atomic E-state index is 0.199. The molecule has 110 valence electrons. The average molecular weight is 293 g/mol. The standard InChI is InChI=1S/C15H23N3OS/c1-3-14-16-10-13(20-14)15(19)18-9-5-7-12(18)11-6-4-8-17(11)2/h10-12H,3-9H2,1-2H3/t11-,12-/m1/s1. The van der Waals surface area contributed by atoms with Gasteiger partial charge in [0, 0.05) is 18.6 Å². The van der Waals surface area contributed by atoms with Crippen molar-refractivity contribution in [3.63, 3.8) is 0 Å². The number of thiazole rings is 1. The van der Waals surface area contributed by atoms with Crippen molar-refractivity contribution < 1.29 is 4.79 Å². The van der Waals surface area contributed by atoms with Crippen LogP contribution < -0.4 is 0 Å². The van der Waals surface area contributed by atoms with Crippen molar-refractivity contribution in [3.8, 4) is 0 Å². The van der Waals surface area contributed by atoms with Gasteiger partial charge in [-0.3, -0.25) is 4.79 Å². The lowest BCUT2D eigenvalue weighted by molar-refractivity contribution is 0.0669. The highest BCUT2D eigenvalue weighted by Gasteiger charge is 2.38. The van der Waals surface area contributed by atoms with Crippen LogP contribution >= 0.6 is 11.3 Å². The maximum atomic E-state index is 12.7. The van der Waals surface area contributed by atoms with Crippen molar-refractivity contribution in [2.24, 2.45) is 0 Å². The van der Waals surface area contributed by atoms with Crippen molar-refractivity contribution in [2.75, 3.05) is 20.1 Å². The van der Waals surface area contributed by atoms with Crippen LogP contribution in [-0.4, -0.2) is 52.9 Å². The Morgan fingerprint density at radius 3 is 2.75 bits per heavy atom. The zero-order chi connectivity index (χ0) is 14.1. The van der Waals surface area contributed by atoms with Crippen molar-refractivity contribution in [1.29, 1.82) is 0 Å². The topological polar surface area (TPSA) is 36.4 Å². The number of hydrogen-bond acceptors (Lipinski definition) is 4. The number of likely N-dealkylation sites (tertiary alicyclic amines) is 2. The maximum absolute atomic E-state index is 12.7. The molecule has 0 radical (unpaired) electrons. The Bertz CT molecular complexity index is 487. The van der Waals surface area contributed by atoms with E-state index in [-0.39, 0.29) is 5.91 Å². The van der Waals surface area contributed by atoms with E-state index >= 15 is 0 Å². The number of rotatable bonds is 3. The van der Waals surface area contributed by atoms with Crippen molar-refractivity contribution in [2.45, 2.75) is 51.1 Å². The smallest absolute Gasteiger partial charge is 0.265 e. The van der Waals surface area contributed by atoms with Crippen LogP contribution in [0.25, 0.3) is 0 Å². The van der Waals surface area contributed by atoms with Gasteiger partial charge in [-0.25, -0.2) is 4.98 Å². The Hall–Kier alpha value is -0.940. The summed E-state index contributed by atoms with van der Waals surface area (Å²) in [5.41, 5.74) is 0. The number of nitrogens with zero attached hydrogens (tertiary/aromatic N) is 3. The molecule has 1 aromatic rings. The molecule has 5 heteroatoms. The molecular formula is C15H23N3OS. The van der Waals surface area contributed by atoms with Gasteiger partial charge in [-0.05, 0) is 45.7 Å². The van der Waals surface area contributed by atoms with E-state index in [0.717, 1.165) is 35.7 Å². The molecule has 1 amide bonds. The Morgan fingerprint density at radius 1 is 1.35 bits per heavy atom. The summed E-state index contributed by atoms with van der Waals surface area (Å²) in [6, 6.07) is 0.960. The van der Waals surface area contributed by atoms with Gasteiger partial charge in [-0.1, -0.05) is 6.92 Å². The third kappa shape index (κ3) is 2.49. The van der Waals surface area contributed by atoms with Crippen molar-refractivity contribution in [3.05, 3.63) is 16.1 Å². The molecule has 3 heterocycles. The van der Waals surface area contributed by atoms with Crippen LogP contribution in [-0.2, 0) is 6.42 Å². The highest BCUT2D eigenvalue weighted by molar-refractivity contribution is 7.13. The number of aromatic nitrogens is 1. The van der Waals surface area contributed by atoms with Gasteiger partial charge in [0.05, 0.1) is 11.2 Å². The van der Waals surface area contributed by atoms with E-state index in [2.05, 4.69) is 28.8 Å². The molecule has 2 aliphatic rings. The predicted octanol–water partition coefficient (Wildman–Crippen LogP) is 2.40. The van der Waals surface area contributed by atoms with E-state index in [0.29, 0.717) is 12.1 Å². The van der Waals surface area contributed by atoms with Crippen LogP contribution in [0.2, 0.25) is 0 Å². The predicted molar refractivity (Wildman–Crippen MR) is 81.2 cm³/mol. The largest absolute Gasteiger partial charge is 0.333 e. The molecule has 3 rings (SSSR count). The Kier molecular flexibility index (Phi) is 4.08. The van der Waals surface area contributed by atoms with Gasteiger partial charge in [-0.15, -0.1) is 11.3 Å². The molecule has 20 heavy (non-hydrogen) atoms. The van der Waals surface area contributed by atoms with Crippen LogP contribution in [0.1, 0.15) is 47.3 Å². The molecule has 2 atom stereocenters. The Labute approximate surface area is 124 Å². The minimum atomic E-state index is 0.199. The summed E-state index contributed by atoms with van der Waals surface area (Å²) in [5, 5.41) is 1.06. The van der Waals surface area contributed by atoms with Crippen LogP contribution in [0.3, 0.4) is 0 Å². The van der Waals surface area contributed by atoms with Gasteiger partial charge in [-0.2, -0.15) is 0 Å². The van der Waals surface area contributed by atoms with Gasteiger partial charge in [0.2, 0.25) is 0 Å². The van der Waals surface area contributed by atoms with E-state index in [1.807, 2.05) is 0 Å². The molecular weight excluding hydrogens is 270 g/mol. The average Bonchev–Trinajstić information content (AvgIpc) is 3.17. The number of aryl methyl sites for hydroxylation is 1. The van der Waals surface area contributed by atoms with Crippen molar-refractivity contribution >= 4 is 17.2 Å². The molecule has 2 aliphatic heterocycles. The van der Waals surface area contributed by atoms with Gasteiger partial charge >= 0.3 is 0 Å². The van der Waals surface area contributed by atoms with Crippen LogP contribution in [0.5, 0.6) is 0 Å². The van der Waals surface area contributed by atoms with Gasteiger partial charge in [0.15, 0.2) is 0 Å². The van der Waals surface area contributed by atoms with E-state index in [1.165, 1.54) is 19.4 Å². The second-order valence-corrected chi connectivity index (χ2v) is 6.99. The lowest BCUT2D eigenvalue weighted by Gasteiger charge is -2.33. The molecule has 0 saturated carbocycles. The number of carbonyl (C=O) groups is 1. The zero-order valence-electron chi connectivity index (χ0n) is 12.3. The minimum Gasteiger partial charge on any atom is -0.333 e. The number of hydrogen-bond donors (Lipinski definition) is 0. The molecule has 0 aromatic carbocycles. The number of likely N-dealkylation sites (N-methyl/N-ethyl adjacent to an activating group) is 1. The third-order valence-electron chi connectivity index (χ3n) is 4.65. The first-order valence-corrected chi connectivity index (χ1v) is 8.48. The summed E-state index contributed by atoms with van der Waals surface area (Å²) in [4.78, 5) is 22.4. The Balaban J connectivity index is 1.76. The lowest BCUT2D eigenvalue weighted by atomic mass is 10.0. The summed E-state index contributed by atoms with van der Waals surface area (Å²) in [7, 11) is 2.19. The highest BCUT2D eigenvalue weighted by atomic mass is 32.1. The van der Waals surface area contributed by atoms with Gasteiger partial charge < -0.3 is 9.80 Å². The SMILES string of the molecule is CCc1ncc(C(=O)N2CCC[C@@H]2[C@H]2CCCN2C)s1. The van der Waals surface area contributed by atoms with Gasteiger partial charge in [0.25, 0.3) is 5.91 Å². The third-order valence-corrected chi connectivity index (χ3v) is 5.78. The lowest BCUT2D eigenvalue weighted by Crippen LogP contribution is -2.46. The monoisotopic (exact) mass is 293 g/mol. The van der Waals surface area contributed by atoms with Crippen LogP contribution in [0, 0.1) is 0 Å². The molecule has 0 unspecified atom stereocenters. The fourth-order valence-electron chi connectivity index (χ4n) is 3.58. The van der Waals surface area contributed by atoms with Crippen molar-refractivity contribution in [1.82, 2.24) is 14.8 Å². The summed E-state index contributed by atoms with van der Waals surface area (Å²) < 4.78 is 0. The summed E-state index contributed by atoms with van der Waals surface area (Å²) in [5.74, 6) is 0.199. The fourth-order valence-corrected chi connectivity index (χ4v) is 4.39. The molecule has 2 fully saturated rings. The van der Waals surface area contributed by atoms with Crippen LogP contribution in [0.15, 0.2) is 6.20 Å². The normalized spacial score (nSPS) is 27.4. The fraction of sp³-hybridized carbons (Fsp3) is 0.733. The molecule has 2 saturated heterocycles. The summed E-state index contributed by atoms with van der Waals surface area (Å²) in [6.07, 6.45) is 7.46. The highest BCUT2D eigenvalue weighted by Crippen LogP contribution is 2.30. The molecule has 1 aromatic heterocycles. The first-order valence-electron chi connectivity index (χ1n) is 7.66. The first-order chi connectivity index (χ1) is 9.70. The molecule has 0 spiro atoms. The first kappa shape index (κ1) is 14.0. The molecule has 4 nitrogen and oxygen atoms in total. The molecule has 0 N–H and O–H groups in total. The van der Waals surface area contributed by atoms with E-state index in [9.17, 15) is 4.79 Å². The second kappa shape index (κ2) is 5.82. The maximum Gasteiger partial charge on any atom is 0.265 e. The summed E-state index contributed by atoms with van der Waals surface area (Å²) >= 11 is 1.56. The van der Waals surface area contributed by atoms with Gasteiger partial charge in [0.1, 0.15) is 4.88 Å². The van der Waals surface area contributed by atoms with Crippen LogP contribution in [0.4, 0.5) is 0 Å². The molecule has 0 aliphatic carbocycles. The van der Waals surface area contributed by atoms with E-state index < -0.39 is 0 Å². The van der Waals surface area contributed by atoms with E-state index in [4.69, 9.17) is 0 Å². The number of carbonyl (C=O) groups excluding carboxylic acids is 1.